The summed E-state index contributed by atoms with van der Waals surface area (Å²) < 4.78 is 5.91. The molecular weight excluding hydrogens is 370 g/mol. The Morgan fingerprint density at radius 2 is 1.67 bits per heavy atom. The number of aliphatic carboxylic acids is 2. The molecule has 27 heavy (non-hydrogen) atoms. The zero-order valence-electron chi connectivity index (χ0n) is 15.9. The number of hydrogen-bond donors (Lipinski definition) is 2. The van der Waals surface area contributed by atoms with E-state index in [4.69, 9.17) is 26.6 Å². The van der Waals surface area contributed by atoms with Gasteiger partial charge in [0, 0.05) is 35.8 Å². The van der Waals surface area contributed by atoms with Gasteiger partial charge in [0.1, 0.15) is 12.4 Å². The first-order valence-electron chi connectivity index (χ1n) is 8.59. The van der Waals surface area contributed by atoms with E-state index in [9.17, 15) is 9.59 Å². The Balaban J connectivity index is 0.000000387. The van der Waals surface area contributed by atoms with E-state index in [1.807, 2.05) is 12.1 Å². The van der Waals surface area contributed by atoms with Gasteiger partial charge in [0.25, 0.3) is 0 Å². The van der Waals surface area contributed by atoms with Crippen LogP contribution in [0.4, 0.5) is 0 Å². The maximum atomic E-state index is 9.55. The Morgan fingerprint density at radius 3 is 2.19 bits per heavy atom. The summed E-state index contributed by atoms with van der Waals surface area (Å²) >= 11 is 6.33. The number of ether oxygens (including phenoxy) is 1. The fourth-order valence-electron chi connectivity index (χ4n) is 2.48. The van der Waals surface area contributed by atoms with Crippen LogP contribution in [0.15, 0.2) is 35.9 Å². The van der Waals surface area contributed by atoms with Crippen molar-refractivity contribution in [2.75, 3.05) is 26.7 Å². The van der Waals surface area contributed by atoms with Crippen LogP contribution in [-0.4, -0.2) is 53.8 Å². The largest absolute Gasteiger partial charge is 0.489 e. The van der Waals surface area contributed by atoms with E-state index in [2.05, 4.69) is 31.9 Å². The van der Waals surface area contributed by atoms with Gasteiger partial charge >= 0.3 is 11.9 Å². The van der Waals surface area contributed by atoms with Crippen LogP contribution in [0.1, 0.15) is 25.0 Å². The van der Waals surface area contributed by atoms with Crippen molar-refractivity contribution in [3.63, 3.8) is 0 Å². The maximum Gasteiger partial charge on any atom is 0.328 e. The first-order chi connectivity index (χ1) is 12.7. The molecule has 1 aromatic rings. The van der Waals surface area contributed by atoms with Crippen molar-refractivity contribution < 1.29 is 24.5 Å². The minimum absolute atomic E-state index is 0.558. The Bertz CT molecular complexity index is 707. The van der Waals surface area contributed by atoms with E-state index in [0.29, 0.717) is 18.8 Å². The molecule has 1 aliphatic heterocycles. The highest BCUT2D eigenvalue weighted by Gasteiger charge is 2.17. The highest BCUT2D eigenvalue weighted by Crippen LogP contribution is 2.31. The van der Waals surface area contributed by atoms with E-state index < -0.39 is 11.9 Å². The van der Waals surface area contributed by atoms with Gasteiger partial charge in [0.2, 0.25) is 0 Å². The molecule has 2 N–H and O–H groups in total. The number of benzene rings is 1. The second-order valence-corrected chi connectivity index (χ2v) is 6.82. The number of fused-ring (bicyclic) bond motifs is 1. The second-order valence-electron chi connectivity index (χ2n) is 6.41. The van der Waals surface area contributed by atoms with Crippen LogP contribution in [-0.2, 0) is 22.4 Å². The SMILES string of the molecule is CC(C)=CCOc1ccc(Cl)c2c1CCN(C)CC2.O=C(O)/C=C\C(=O)O. The normalized spacial score (nSPS) is 13.8. The number of halogens is 1. The van der Waals surface area contributed by atoms with Crippen molar-refractivity contribution in [3.05, 3.63) is 52.1 Å². The number of carboxylic acids is 2. The molecule has 0 aliphatic carbocycles. The Hall–Kier alpha value is -2.31. The molecule has 0 aromatic heterocycles. The van der Waals surface area contributed by atoms with Crippen molar-refractivity contribution >= 4 is 23.5 Å². The molecule has 0 spiro atoms. The number of rotatable bonds is 5. The summed E-state index contributed by atoms with van der Waals surface area (Å²) in [5.41, 5.74) is 3.83. The van der Waals surface area contributed by atoms with Gasteiger partial charge in [-0.2, -0.15) is 0 Å². The quantitative estimate of drug-likeness (QED) is 0.586. The topological polar surface area (TPSA) is 87.1 Å². The Kier molecular flexibility index (Phi) is 9.61. The average Bonchev–Trinajstić information content (AvgIpc) is 2.78. The van der Waals surface area contributed by atoms with Crippen molar-refractivity contribution in [2.24, 2.45) is 0 Å². The molecule has 6 nitrogen and oxygen atoms in total. The lowest BCUT2D eigenvalue weighted by Gasteiger charge is -2.14. The average molecular weight is 396 g/mol. The molecule has 148 valence electrons. The Morgan fingerprint density at radius 1 is 1.11 bits per heavy atom. The molecule has 0 saturated heterocycles. The molecule has 0 radical (unpaired) electrons. The Labute approximate surface area is 164 Å². The van der Waals surface area contributed by atoms with E-state index in [0.717, 1.165) is 36.7 Å². The van der Waals surface area contributed by atoms with Crippen LogP contribution in [0.5, 0.6) is 5.75 Å². The van der Waals surface area contributed by atoms with Gasteiger partial charge < -0.3 is 19.8 Å². The van der Waals surface area contributed by atoms with Crippen molar-refractivity contribution in [2.45, 2.75) is 26.7 Å². The molecular formula is C20H26ClNO5. The molecule has 0 bridgehead atoms. The number of allylic oxidation sites excluding steroid dienone is 1. The fourth-order valence-corrected chi connectivity index (χ4v) is 2.75. The molecule has 0 fully saturated rings. The van der Waals surface area contributed by atoms with Crippen molar-refractivity contribution in [3.8, 4) is 5.75 Å². The number of carboxylic acid groups (broad SMARTS) is 2. The van der Waals surface area contributed by atoms with Gasteiger partial charge in [0.05, 0.1) is 0 Å². The summed E-state index contributed by atoms with van der Waals surface area (Å²) in [4.78, 5) is 21.5. The molecule has 7 heteroatoms. The second kappa shape index (κ2) is 11.4. The van der Waals surface area contributed by atoms with Crippen molar-refractivity contribution in [1.29, 1.82) is 0 Å². The van der Waals surface area contributed by atoms with Crippen LogP contribution < -0.4 is 4.74 Å². The third kappa shape index (κ3) is 8.75. The first-order valence-corrected chi connectivity index (χ1v) is 8.97. The van der Waals surface area contributed by atoms with Crippen LogP contribution in [0.3, 0.4) is 0 Å². The summed E-state index contributed by atoms with van der Waals surface area (Å²) in [6, 6.07) is 3.97. The lowest BCUT2D eigenvalue weighted by molar-refractivity contribution is -0.134. The van der Waals surface area contributed by atoms with Gasteiger partial charge in [-0.25, -0.2) is 9.59 Å². The summed E-state index contributed by atoms with van der Waals surface area (Å²) in [5.74, 6) is -1.52. The van der Waals surface area contributed by atoms with Crippen LogP contribution in [0.2, 0.25) is 5.02 Å². The zero-order valence-corrected chi connectivity index (χ0v) is 16.6. The van der Waals surface area contributed by atoms with E-state index in [-0.39, 0.29) is 0 Å². The van der Waals surface area contributed by atoms with E-state index >= 15 is 0 Å². The molecule has 2 rings (SSSR count). The molecule has 0 unspecified atom stereocenters. The third-order valence-electron chi connectivity index (χ3n) is 3.92. The molecule has 1 aliphatic rings. The minimum atomic E-state index is -1.26. The standard InChI is InChI=1S/C16H22ClNO.C4H4O4/c1-12(2)8-11-19-16-5-4-15(17)13-6-9-18(3)10-7-14(13)16;5-3(6)1-2-4(7)8/h4-5,8H,6-7,9-11H2,1-3H3;1-2H,(H,5,6)(H,7,8)/b;2-1-. The predicted molar refractivity (Wildman–Crippen MR) is 106 cm³/mol. The summed E-state index contributed by atoms with van der Waals surface area (Å²) in [6.45, 7) is 6.92. The van der Waals surface area contributed by atoms with Gasteiger partial charge in [-0.3, -0.25) is 0 Å². The fraction of sp³-hybridized carbons (Fsp3) is 0.400. The molecule has 1 aromatic carbocycles. The van der Waals surface area contributed by atoms with Gasteiger partial charge in [-0.15, -0.1) is 0 Å². The monoisotopic (exact) mass is 395 g/mol. The molecule has 0 amide bonds. The zero-order chi connectivity index (χ0) is 20.4. The lowest BCUT2D eigenvalue weighted by Crippen LogP contribution is -2.20. The predicted octanol–water partition coefficient (Wildman–Crippen LogP) is 3.43. The molecule has 0 saturated carbocycles. The van der Waals surface area contributed by atoms with Crippen LogP contribution >= 0.6 is 11.6 Å². The van der Waals surface area contributed by atoms with E-state index in [1.54, 1.807) is 0 Å². The highest BCUT2D eigenvalue weighted by molar-refractivity contribution is 6.31. The molecule has 1 heterocycles. The minimum Gasteiger partial charge on any atom is -0.489 e. The van der Waals surface area contributed by atoms with Gasteiger partial charge in [0.15, 0.2) is 0 Å². The van der Waals surface area contributed by atoms with Crippen molar-refractivity contribution in [1.82, 2.24) is 4.90 Å². The number of nitrogens with zero attached hydrogens (tertiary/aromatic N) is 1. The highest BCUT2D eigenvalue weighted by atomic mass is 35.5. The summed E-state index contributed by atoms with van der Waals surface area (Å²) in [5, 5.41) is 16.5. The van der Waals surface area contributed by atoms with Gasteiger partial charge in [-0.05, 0) is 57.5 Å². The van der Waals surface area contributed by atoms with Crippen LogP contribution in [0.25, 0.3) is 0 Å². The smallest absolute Gasteiger partial charge is 0.328 e. The number of likely N-dealkylation sites (N-methyl/N-ethyl adjacent to an activating group) is 1. The molecule has 0 atom stereocenters. The first kappa shape index (κ1) is 22.7. The number of hydrogen-bond acceptors (Lipinski definition) is 4. The van der Waals surface area contributed by atoms with Crippen LogP contribution in [0, 0.1) is 0 Å². The number of carbonyl (C=O) groups is 2. The summed E-state index contributed by atoms with van der Waals surface area (Å²) in [6.07, 6.45) is 5.23. The maximum absolute atomic E-state index is 9.55. The van der Waals surface area contributed by atoms with E-state index in [1.165, 1.54) is 16.7 Å². The third-order valence-corrected chi connectivity index (χ3v) is 4.27. The summed E-state index contributed by atoms with van der Waals surface area (Å²) in [7, 11) is 2.16. The lowest BCUT2D eigenvalue weighted by atomic mass is 10.0. The van der Waals surface area contributed by atoms with Gasteiger partial charge in [-0.1, -0.05) is 17.2 Å².